The summed E-state index contributed by atoms with van der Waals surface area (Å²) < 4.78 is 0. The van der Waals surface area contributed by atoms with Crippen LogP contribution in [0.2, 0.25) is 0 Å². The van der Waals surface area contributed by atoms with E-state index in [-0.39, 0.29) is 11.5 Å². The molecule has 0 aromatic heterocycles. The lowest BCUT2D eigenvalue weighted by Crippen LogP contribution is -2.32. The highest BCUT2D eigenvalue weighted by Gasteiger charge is 2.45. The van der Waals surface area contributed by atoms with Crippen molar-refractivity contribution >= 4 is 0 Å². The molecule has 0 heterocycles. The smallest absolute Gasteiger partial charge is 0.119 e. The molecule has 0 bridgehead atoms. The molecule has 3 aliphatic carbocycles. The zero-order valence-corrected chi connectivity index (χ0v) is 18.7. The summed E-state index contributed by atoms with van der Waals surface area (Å²) in [5.41, 5.74) is 4.84. The van der Waals surface area contributed by atoms with Crippen LogP contribution in [0.15, 0.2) is 47.1 Å². The van der Waals surface area contributed by atoms with Gasteiger partial charge in [-0.3, -0.25) is 0 Å². The molecule has 2 N–H and O–H groups in total. The first-order chi connectivity index (χ1) is 13.6. The van der Waals surface area contributed by atoms with E-state index >= 15 is 0 Å². The Morgan fingerprint density at radius 1 is 1.34 bits per heavy atom. The molecule has 2 heteroatoms. The minimum atomic E-state index is -0.916. The van der Waals surface area contributed by atoms with Crippen molar-refractivity contribution in [2.45, 2.75) is 90.8 Å². The zero-order valence-electron chi connectivity index (χ0n) is 18.7. The molecule has 0 unspecified atom stereocenters. The summed E-state index contributed by atoms with van der Waals surface area (Å²) >= 11 is 0. The highest BCUT2D eigenvalue weighted by Crippen LogP contribution is 2.56. The molecular weight excluding hydrogens is 356 g/mol. The summed E-state index contributed by atoms with van der Waals surface area (Å²) in [5, 5.41) is 19.9. The van der Waals surface area contributed by atoms with Gasteiger partial charge in [-0.15, -0.1) is 0 Å². The van der Waals surface area contributed by atoms with Gasteiger partial charge < -0.3 is 10.2 Å². The van der Waals surface area contributed by atoms with Crippen LogP contribution in [0.1, 0.15) is 79.1 Å². The van der Waals surface area contributed by atoms with Crippen LogP contribution >= 0.6 is 0 Å². The van der Waals surface area contributed by atoms with Crippen LogP contribution in [0.4, 0.5) is 0 Å². The molecule has 3 rings (SSSR count). The Kier molecular flexibility index (Phi) is 6.61. The molecule has 0 spiro atoms. The van der Waals surface area contributed by atoms with Crippen LogP contribution < -0.4 is 0 Å². The van der Waals surface area contributed by atoms with E-state index in [2.05, 4.69) is 50.5 Å². The van der Waals surface area contributed by atoms with E-state index in [0.717, 1.165) is 32.1 Å². The second kappa shape index (κ2) is 8.66. The van der Waals surface area contributed by atoms with Crippen LogP contribution in [0.3, 0.4) is 0 Å². The van der Waals surface area contributed by atoms with Gasteiger partial charge in [0.1, 0.15) is 5.60 Å². The predicted octanol–water partition coefficient (Wildman–Crippen LogP) is 5.88. The Hall–Kier alpha value is -1.56. The van der Waals surface area contributed by atoms with Gasteiger partial charge in [-0.1, -0.05) is 67.2 Å². The van der Waals surface area contributed by atoms with Crippen LogP contribution in [0.25, 0.3) is 0 Å². The maximum atomic E-state index is 10.0. The summed E-state index contributed by atoms with van der Waals surface area (Å²) in [6.07, 6.45) is 14.9. The quantitative estimate of drug-likeness (QED) is 0.464. The topological polar surface area (TPSA) is 40.5 Å². The second-order valence-corrected chi connectivity index (χ2v) is 10.1. The fourth-order valence-corrected chi connectivity index (χ4v) is 5.54. The number of allylic oxidation sites excluding steroid dienone is 6. The zero-order chi connectivity index (χ0) is 21.2. The lowest BCUT2D eigenvalue weighted by molar-refractivity contribution is 0.143. The van der Waals surface area contributed by atoms with E-state index < -0.39 is 5.60 Å². The molecule has 0 aromatic rings. The minimum Gasteiger partial charge on any atom is -0.393 e. The van der Waals surface area contributed by atoms with E-state index in [1.54, 1.807) is 25.0 Å². The average Bonchev–Trinajstić information content (AvgIpc) is 2.99. The van der Waals surface area contributed by atoms with Gasteiger partial charge in [0.05, 0.1) is 6.10 Å². The van der Waals surface area contributed by atoms with Crippen LogP contribution in [-0.4, -0.2) is 21.9 Å². The fraction of sp³-hybridized carbons (Fsp3) is 0.630. The summed E-state index contributed by atoms with van der Waals surface area (Å²) in [6, 6.07) is 0. The Morgan fingerprint density at radius 2 is 2.10 bits per heavy atom. The van der Waals surface area contributed by atoms with E-state index in [1.165, 1.54) is 30.4 Å². The third kappa shape index (κ3) is 5.14. The van der Waals surface area contributed by atoms with E-state index in [4.69, 9.17) is 0 Å². The molecule has 0 amide bonds. The second-order valence-electron chi connectivity index (χ2n) is 10.1. The van der Waals surface area contributed by atoms with Crippen molar-refractivity contribution in [3.8, 4) is 11.8 Å². The van der Waals surface area contributed by atoms with Gasteiger partial charge in [0, 0.05) is 6.42 Å². The Labute approximate surface area is 177 Å². The predicted molar refractivity (Wildman–Crippen MR) is 121 cm³/mol. The van der Waals surface area contributed by atoms with Crippen molar-refractivity contribution in [3.05, 3.63) is 47.1 Å². The number of aliphatic hydroxyl groups excluding tert-OH is 1. The summed E-state index contributed by atoms with van der Waals surface area (Å²) in [4.78, 5) is 0. The maximum absolute atomic E-state index is 10.0. The molecule has 0 saturated heterocycles. The summed E-state index contributed by atoms with van der Waals surface area (Å²) in [6.45, 7) is 12.4. The van der Waals surface area contributed by atoms with Gasteiger partial charge in [-0.05, 0) is 81.6 Å². The van der Waals surface area contributed by atoms with E-state index in [9.17, 15) is 10.2 Å². The third-order valence-electron chi connectivity index (χ3n) is 7.13. The molecule has 2 saturated carbocycles. The van der Waals surface area contributed by atoms with Crippen molar-refractivity contribution in [3.63, 3.8) is 0 Å². The van der Waals surface area contributed by atoms with E-state index in [1.807, 2.05) is 0 Å². The lowest BCUT2D eigenvalue weighted by atomic mass is 9.62. The van der Waals surface area contributed by atoms with Crippen LogP contribution in [0.5, 0.6) is 0 Å². The number of rotatable bonds is 3. The normalized spacial score (nSPS) is 33.9. The molecule has 4 atom stereocenters. The van der Waals surface area contributed by atoms with Gasteiger partial charge in [-0.25, -0.2) is 0 Å². The Bertz CT molecular complexity index is 793. The molecule has 0 aliphatic heterocycles. The first kappa shape index (κ1) is 22.1. The van der Waals surface area contributed by atoms with Gasteiger partial charge in [-0.2, -0.15) is 0 Å². The van der Waals surface area contributed by atoms with Gasteiger partial charge in [0.2, 0.25) is 0 Å². The van der Waals surface area contributed by atoms with Gasteiger partial charge in [0.15, 0.2) is 0 Å². The average molecular weight is 395 g/mol. The standard InChI is InChI=1S/C27H38O2/c1-19-10-13-23(28)18-22(19)12-11-21-9-7-17-27(5)24(14-15-25(21)27)20(2)8-6-16-26(3,4)29/h11-12,14,20,23,25,28-29H,1,7-10,13,15,17-18H2,2-5H3/b21-11+,22-12-/t20-,23-,25+,27-/m1/s1. The highest BCUT2D eigenvalue weighted by molar-refractivity contribution is 5.38. The van der Waals surface area contributed by atoms with Crippen LogP contribution in [0, 0.1) is 29.1 Å². The molecule has 2 fully saturated rings. The summed E-state index contributed by atoms with van der Waals surface area (Å²) in [7, 11) is 0. The molecule has 29 heavy (non-hydrogen) atoms. The van der Waals surface area contributed by atoms with Crippen molar-refractivity contribution in [2.75, 3.05) is 0 Å². The lowest BCUT2D eigenvalue weighted by Gasteiger charge is -2.42. The first-order valence-corrected chi connectivity index (χ1v) is 11.3. The van der Waals surface area contributed by atoms with Gasteiger partial charge in [0.25, 0.3) is 0 Å². The molecule has 158 valence electrons. The number of hydrogen-bond acceptors (Lipinski definition) is 2. The minimum absolute atomic E-state index is 0.215. The fourth-order valence-electron chi connectivity index (χ4n) is 5.54. The molecule has 0 aromatic carbocycles. The van der Waals surface area contributed by atoms with Crippen molar-refractivity contribution in [2.24, 2.45) is 17.3 Å². The summed E-state index contributed by atoms with van der Waals surface area (Å²) in [5.74, 6) is 7.17. The van der Waals surface area contributed by atoms with E-state index in [0.29, 0.717) is 11.8 Å². The number of aliphatic hydroxyl groups is 2. The Morgan fingerprint density at radius 3 is 2.83 bits per heavy atom. The van der Waals surface area contributed by atoms with Crippen molar-refractivity contribution < 1.29 is 10.2 Å². The highest BCUT2D eigenvalue weighted by atomic mass is 16.3. The molecular formula is C27H38O2. The first-order valence-electron chi connectivity index (χ1n) is 11.3. The third-order valence-corrected chi connectivity index (χ3v) is 7.13. The number of hydrogen-bond donors (Lipinski definition) is 2. The monoisotopic (exact) mass is 394 g/mol. The van der Waals surface area contributed by atoms with Crippen molar-refractivity contribution in [1.29, 1.82) is 0 Å². The largest absolute Gasteiger partial charge is 0.393 e. The Balaban J connectivity index is 1.75. The SMILES string of the molecule is C=C1CC[C@@H](O)C/C1=C/C=C1\CCC[C@]2(C)C([C@H](C)CC#CC(C)(C)O)=CC[C@@H]12. The maximum Gasteiger partial charge on any atom is 0.119 e. The molecule has 0 radical (unpaired) electrons. The van der Waals surface area contributed by atoms with Crippen LogP contribution in [-0.2, 0) is 0 Å². The molecule has 2 nitrogen and oxygen atoms in total. The van der Waals surface area contributed by atoms with Crippen molar-refractivity contribution in [1.82, 2.24) is 0 Å². The molecule has 3 aliphatic rings. The number of fused-ring (bicyclic) bond motifs is 1. The van der Waals surface area contributed by atoms with Gasteiger partial charge >= 0.3 is 0 Å².